The minimum Gasteiger partial charge on any atom is -0.479 e. The zero-order valence-corrected chi connectivity index (χ0v) is 15.2. The van der Waals surface area contributed by atoms with Crippen LogP contribution in [0.3, 0.4) is 0 Å². The van der Waals surface area contributed by atoms with E-state index in [1.54, 1.807) is 30.9 Å². The van der Waals surface area contributed by atoms with Gasteiger partial charge < -0.3 is 20.1 Å². The molecule has 2 unspecified atom stereocenters. The zero-order chi connectivity index (χ0) is 18.6. The lowest BCUT2D eigenvalue weighted by Crippen LogP contribution is -2.53. The summed E-state index contributed by atoms with van der Waals surface area (Å²) < 4.78 is 5.34. The van der Waals surface area contributed by atoms with Crippen LogP contribution in [0.2, 0.25) is 0 Å². The first kappa shape index (κ1) is 19.3. The molecule has 1 aliphatic heterocycles. The molecule has 1 saturated heterocycles. The monoisotopic (exact) mass is 366 g/mol. The molecule has 1 heterocycles. The number of ether oxygens (including phenoxy) is 1. The van der Waals surface area contributed by atoms with Gasteiger partial charge in [-0.05, 0) is 38.1 Å². The van der Waals surface area contributed by atoms with Crippen LogP contribution in [0.4, 0.5) is 5.69 Å². The lowest BCUT2D eigenvalue weighted by Gasteiger charge is -2.36. The Kier molecular flexibility index (Phi) is 6.44. The number of carboxylic acid groups (broad SMARTS) is 1. The van der Waals surface area contributed by atoms with Crippen molar-refractivity contribution in [3.63, 3.8) is 0 Å². The molecule has 0 bridgehead atoms. The van der Waals surface area contributed by atoms with Crippen molar-refractivity contribution in [2.24, 2.45) is 0 Å². The van der Waals surface area contributed by atoms with Crippen molar-refractivity contribution in [1.82, 2.24) is 4.90 Å². The molecule has 2 rings (SSSR count). The van der Waals surface area contributed by atoms with E-state index < -0.39 is 12.1 Å². The molecule has 1 aromatic carbocycles. The lowest BCUT2D eigenvalue weighted by molar-refractivity contribution is -0.166. The molecular weight excluding hydrogens is 344 g/mol. The number of benzene rings is 1. The van der Waals surface area contributed by atoms with E-state index in [-0.39, 0.29) is 29.7 Å². The van der Waals surface area contributed by atoms with Crippen LogP contribution < -0.4 is 5.32 Å². The molecule has 0 radical (unpaired) electrons. The molecule has 2 amide bonds. The molecule has 0 aromatic heterocycles. The van der Waals surface area contributed by atoms with Gasteiger partial charge in [-0.2, -0.15) is 0 Å². The van der Waals surface area contributed by atoms with E-state index in [0.717, 1.165) is 4.90 Å². The first-order valence-corrected chi connectivity index (χ1v) is 8.85. The number of rotatable bonds is 5. The van der Waals surface area contributed by atoms with E-state index in [0.29, 0.717) is 12.2 Å². The van der Waals surface area contributed by atoms with Crippen LogP contribution in [-0.2, 0) is 19.1 Å². The quantitative estimate of drug-likeness (QED) is 0.772. The number of carbonyl (C=O) groups excluding carboxylic acids is 2. The van der Waals surface area contributed by atoms with Crippen LogP contribution in [0.1, 0.15) is 20.8 Å². The third-order valence-corrected chi connectivity index (χ3v) is 4.78. The highest BCUT2D eigenvalue weighted by Crippen LogP contribution is 2.27. The maximum absolute atomic E-state index is 12.6. The Labute approximate surface area is 150 Å². The van der Waals surface area contributed by atoms with Crippen LogP contribution in [0.15, 0.2) is 29.2 Å². The number of hydrogen-bond acceptors (Lipinski definition) is 5. The number of thioether (sulfide) groups is 1. The fourth-order valence-corrected chi connectivity index (χ4v) is 3.55. The van der Waals surface area contributed by atoms with Gasteiger partial charge in [-0.3, -0.25) is 9.59 Å². The van der Waals surface area contributed by atoms with Gasteiger partial charge in [-0.1, -0.05) is 0 Å². The predicted octanol–water partition coefficient (Wildman–Crippen LogP) is 1.83. The topological polar surface area (TPSA) is 95.9 Å². The third-order valence-electron chi connectivity index (χ3n) is 3.68. The van der Waals surface area contributed by atoms with Crippen LogP contribution in [0.25, 0.3) is 0 Å². The minimum atomic E-state index is -1.06. The van der Waals surface area contributed by atoms with Gasteiger partial charge in [0.25, 0.3) is 0 Å². The van der Waals surface area contributed by atoms with Crippen molar-refractivity contribution in [1.29, 1.82) is 0 Å². The first-order valence-electron chi connectivity index (χ1n) is 7.97. The normalized spacial score (nSPS) is 21.5. The van der Waals surface area contributed by atoms with Crippen LogP contribution >= 0.6 is 11.8 Å². The largest absolute Gasteiger partial charge is 0.479 e. The number of hydrogen-bond donors (Lipinski definition) is 2. The molecule has 25 heavy (non-hydrogen) atoms. The van der Waals surface area contributed by atoms with Gasteiger partial charge in [0, 0.05) is 24.1 Å². The highest BCUT2D eigenvalue weighted by atomic mass is 32.2. The number of nitrogens with one attached hydrogen (secondary N) is 1. The number of nitrogens with zero attached hydrogens (tertiary/aromatic N) is 1. The number of carbonyl (C=O) groups is 3. The summed E-state index contributed by atoms with van der Waals surface area (Å²) in [5.74, 6) is -1.31. The molecule has 0 spiro atoms. The predicted molar refractivity (Wildman–Crippen MR) is 94.6 cm³/mol. The smallest absolute Gasteiger partial charge is 0.334 e. The second-order valence-electron chi connectivity index (χ2n) is 5.98. The van der Waals surface area contributed by atoms with E-state index in [9.17, 15) is 14.4 Å². The Morgan fingerprint density at radius 3 is 2.48 bits per heavy atom. The van der Waals surface area contributed by atoms with Crippen LogP contribution in [0.5, 0.6) is 0 Å². The average Bonchev–Trinajstić information content (AvgIpc) is 2.54. The summed E-state index contributed by atoms with van der Waals surface area (Å²) in [6.45, 7) is 5.44. The van der Waals surface area contributed by atoms with Crippen LogP contribution in [0, 0.1) is 0 Å². The van der Waals surface area contributed by atoms with Crippen molar-refractivity contribution in [2.45, 2.75) is 43.1 Å². The maximum atomic E-state index is 12.6. The summed E-state index contributed by atoms with van der Waals surface area (Å²) >= 11 is 1.39. The van der Waals surface area contributed by atoms with E-state index >= 15 is 0 Å². The number of anilines is 1. The molecule has 1 aliphatic rings. The van der Waals surface area contributed by atoms with Crippen molar-refractivity contribution < 1.29 is 24.2 Å². The highest BCUT2D eigenvalue weighted by Gasteiger charge is 2.34. The van der Waals surface area contributed by atoms with Gasteiger partial charge in [0.2, 0.25) is 11.8 Å². The Morgan fingerprint density at radius 2 is 1.92 bits per heavy atom. The van der Waals surface area contributed by atoms with Gasteiger partial charge in [-0.25, -0.2) is 4.79 Å². The van der Waals surface area contributed by atoms with Crippen molar-refractivity contribution in [3.05, 3.63) is 24.3 Å². The van der Waals surface area contributed by atoms with E-state index in [2.05, 4.69) is 5.32 Å². The number of aliphatic carboxylic acids is 1. The molecule has 0 aliphatic carbocycles. The maximum Gasteiger partial charge on any atom is 0.334 e. The van der Waals surface area contributed by atoms with Crippen molar-refractivity contribution in [3.8, 4) is 0 Å². The molecule has 1 aromatic rings. The summed E-state index contributed by atoms with van der Waals surface area (Å²) in [4.78, 5) is 37.2. The minimum absolute atomic E-state index is 0.0604. The van der Waals surface area contributed by atoms with Crippen LogP contribution in [-0.4, -0.2) is 58.3 Å². The Morgan fingerprint density at radius 1 is 1.28 bits per heavy atom. The van der Waals surface area contributed by atoms with Gasteiger partial charge in [0.15, 0.2) is 6.10 Å². The first-order chi connectivity index (χ1) is 11.8. The number of carboxylic acids is 1. The summed E-state index contributed by atoms with van der Waals surface area (Å²) in [7, 11) is 0. The highest BCUT2D eigenvalue weighted by molar-refractivity contribution is 8.00. The van der Waals surface area contributed by atoms with Gasteiger partial charge >= 0.3 is 5.97 Å². The van der Waals surface area contributed by atoms with Crippen molar-refractivity contribution in [2.75, 3.05) is 18.4 Å². The lowest BCUT2D eigenvalue weighted by atomic mass is 10.2. The molecular formula is C17H22N2O5S. The van der Waals surface area contributed by atoms with Gasteiger partial charge in [0.05, 0.1) is 17.9 Å². The fraction of sp³-hybridized carbons (Fsp3) is 0.471. The molecule has 0 saturated carbocycles. The van der Waals surface area contributed by atoms with Gasteiger partial charge in [0.1, 0.15) is 0 Å². The SMILES string of the molecule is CC(=O)Nc1ccc(SC(C)C(=O)N2CC(C(=O)O)O[C@H](C)C2)cc1. The summed E-state index contributed by atoms with van der Waals surface area (Å²) in [5.41, 5.74) is 0.696. The Bertz CT molecular complexity index is 649. The summed E-state index contributed by atoms with van der Waals surface area (Å²) in [6, 6.07) is 7.22. The van der Waals surface area contributed by atoms with E-state index in [1.165, 1.54) is 18.7 Å². The Hall–Kier alpha value is -2.06. The molecule has 7 nitrogen and oxygen atoms in total. The fourth-order valence-electron chi connectivity index (χ4n) is 2.60. The molecule has 136 valence electrons. The average molecular weight is 366 g/mol. The molecule has 3 atom stereocenters. The second-order valence-corrected chi connectivity index (χ2v) is 7.40. The second kappa shape index (κ2) is 8.35. The zero-order valence-electron chi connectivity index (χ0n) is 14.4. The molecule has 2 N–H and O–H groups in total. The Balaban J connectivity index is 1.97. The number of amides is 2. The number of morpholine rings is 1. The van der Waals surface area contributed by atoms with Crippen molar-refractivity contribution >= 4 is 35.2 Å². The molecule has 1 fully saturated rings. The van der Waals surface area contributed by atoms with E-state index in [4.69, 9.17) is 9.84 Å². The third kappa shape index (κ3) is 5.47. The summed E-state index contributed by atoms with van der Waals surface area (Å²) in [6.07, 6.45) is -1.30. The van der Waals surface area contributed by atoms with Gasteiger partial charge in [-0.15, -0.1) is 11.8 Å². The standard InChI is InChI=1S/C17H22N2O5S/c1-10-8-19(9-15(24-10)17(22)23)16(21)11(2)25-14-6-4-13(5-7-14)18-12(3)20/h4-7,10-11,15H,8-9H2,1-3H3,(H,18,20)(H,22,23)/t10-,11?,15?/m1/s1. The summed E-state index contributed by atoms with van der Waals surface area (Å²) in [5, 5.41) is 11.5. The molecule has 8 heteroatoms. The van der Waals surface area contributed by atoms with E-state index in [1.807, 2.05) is 12.1 Å².